The minimum absolute atomic E-state index is 0.126. The quantitative estimate of drug-likeness (QED) is 0.669. The van der Waals surface area contributed by atoms with E-state index in [1.807, 2.05) is 30.5 Å². The van der Waals surface area contributed by atoms with Crippen molar-refractivity contribution >= 4 is 5.82 Å². The van der Waals surface area contributed by atoms with Crippen LogP contribution in [0.15, 0.2) is 42.7 Å². The lowest BCUT2D eigenvalue weighted by Crippen LogP contribution is -2.12. The van der Waals surface area contributed by atoms with Gasteiger partial charge in [0.1, 0.15) is 12.5 Å². The Morgan fingerprint density at radius 2 is 1.95 bits per heavy atom. The number of nitrogens with one attached hydrogen (secondary N) is 1. The zero-order valence-electron chi connectivity index (χ0n) is 12.3. The van der Waals surface area contributed by atoms with Crippen LogP contribution in [-0.4, -0.2) is 16.7 Å². The van der Waals surface area contributed by atoms with Gasteiger partial charge in [-0.1, -0.05) is 32.9 Å². The maximum absolute atomic E-state index is 5.51. The molecule has 2 rings (SSSR count). The van der Waals surface area contributed by atoms with Crippen molar-refractivity contribution in [3.63, 3.8) is 0 Å². The van der Waals surface area contributed by atoms with Crippen molar-refractivity contribution in [3.8, 4) is 0 Å². The van der Waals surface area contributed by atoms with Crippen LogP contribution in [-0.2, 0) is 16.8 Å². The van der Waals surface area contributed by atoms with E-state index in [0.29, 0.717) is 13.3 Å². The second-order valence-corrected chi connectivity index (χ2v) is 5.67. The van der Waals surface area contributed by atoms with Crippen LogP contribution < -0.4 is 5.32 Å². The average molecular weight is 271 g/mol. The van der Waals surface area contributed by atoms with Crippen molar-refractivity contribution in [1.82, 2.24) is 9.97 Å². The maximum Gasteiger partial charge on any atom is 0.127 e. The molecule has 0 aliphatic rings. The van der Waals surface area contributed by atoms with E-state index in [1.54, 1.807) is 6.20 Å². The molecule has 0 radical (unpaired) electrons. The third-order valence-corrected chi connectivity index (χ3v) is 2.96. The molecule has 0 aliphatic carbocycles. The first-order valence-corrected chi connectivity index (χ1v) is 6.74. The number of pyridine rings is 2. The molecule has 0 saturated heterocycles. The van der Waals surface area contributed by atoms with Crippen LogP contribution in [0.5, 0.6) is 0 Å². The number of ether oxygens (including phenoxy) is 1. The zero-order valence-corrected chi connectivity index (χ0v) is 12.3. The minimum Gasteiger partial charge on any atom is -0.355 e. The predicted octanol–water partition coefficient (Wildman–Crippen LogP) is 3.36. The van der Waals surface area contributed by atoms with E-state index in [-0.39, 0.29) is 5.41 Å². The first-order chi connectivity index (χ1) is 9.55. The third-order valence-electron chi connectivity index (χ3n) is 2.96. The minimum atomic E-state index is 0.126. The van der Waals surface area contributed by atoms with Crippen molar-refractivity contribution < 1.29 is 4.74 Å². The summed E-state index contributed by atoms with van der Waals surface area (Å²) in [5.74, 6) is 0.819. The second kappa shape index (κ2) is 6.48. The smallest absolute Gasteiger partial charge is 0.127 e. The molecule has 0 fully saturated rings. The number of nitrogens with zero attached hydrogens (tertiary/aromatic N) is 2. The number of aromatic nitrogens is 2. The first kappa shape index (κ1) is 14.5. The van der Waals surface area contributed by atoms with Crippen molar-refractivity contribution in [3.05, 3.63) is 54.0 Å². The van der Waals surface area contributed by atoms with E-state index >= 15 is 0 Å². The SMILES string of the molecule is CC(C)(C)c1ccc(NCOCc2ccccn2)nc1. The summed E-state index contributed by atoms with van der Waals surface area (Å²) in [6, 6.07) is 9.85. The van der Waals surface area contributed by atoms with E-state index in [4.69, 9.17) is 4.74 Å². The van der Waals surface area contributed by atoms with Crippen LogP contribution in [0.25, 0.3) is 0 Å². The maximum atomic E-state index is 5.51. The third kappa shape index (κ3) is 4.31. The largest absolute Gasteiger partial charge is 0.355 e. The Kier molecular flexibility index (Phi) is 4.69. The molecule has 4 nitrogen and oxygen atoms in total. The van der Waals surface area contributed by atoms with Crippen LogP contribution in [0.3, 0.4) is 0 Å². The Balaban J connectivity index is 1.77. The first-order valence-electron chi connectivity index (χ1n) is 6.74. The summed E-state index contributed by atoms with van der Waals surface area (Å²) in [5, 5.41) is 3.13. The lowest BCUT2D eigenvalue weighted by atomic mass is 9.88. The van der Waals surface area contributed by atoms with E-state index in [1.165, 1.54) is 5.56 Å². The highest BCUT2D eigenvalue weighted by Gasteiger charge is 2.13. The van der Waals surface area contributed by atoms with Crippen LogP contribution in [0.1, 0.15) is 32.0 Å². The molecule has 0 saturated carbocycles. The summed E-state index contributed by atoms with van der Waals surface area (Å²) in [4.78, 5) is 8.58. The monoisotopic (exact) mass is 271 g/mol. The van der Waals surface area contributed by atoms with Gasteiger partial charge in [0.2, 0.25) is 0 Å². The molecule has 0 aliphatic heterocycles. The van der Waals surface area contributed by atoms with Gasteiger partial charge >= 0.3 is 0 Å². The molecule has 0 unspecified atom stereocenters. The molecule has 106 valence electrons. The van der Waals surface area contributed by atoms with Gasteiger partial charge in [-0.05, 0) is 29.2 Å². The van der Waals surface area contributed by atoms with Gasteiger partial charge in [-0.25, -0.2) is 4.98 Å². The molecular formula is C16H21N3O. The van der Waals surface area contributed by atoms with Crippen molar-refractivity contribution in [2.75, 3.05) is 12.0 Å². The number of rotatable bonds is 5. The van der Waals surface area contributed by atoms with Crippen LogP contribution in [0, 0.1) is 0 Å². The zero-order chi connectivity index (χ0) is 14.4. The Morgan fingerprint density at radius 1 is 1.10 bits per heavy atom. The van der Waals surface area contributed by atoms with E-state index in [9.17, 15) is 0 Å². The normalized spacial score (nSPS) is 11.3. The molecule has 2 aromatic heterocycles. The standard InChI is InChI=1S/C16H21N3O/c1-16(2,3)13-7-8-15(18-10-13)19-12-20-11-14-6-4-5-9-17-14/h4-10H,11-12H2,1-3H3,(H,18,19). The summed E-state index contributed by atoms with van der Waals surface area (Å²) in [7, 11) is 0. The summed E-state index contributed by atoms with van der Waals surface area (Å²) < 4.78 is 5.51. The van der Waals surface area contributed by atoms with Gasteiger partial charge in [0.15, 0.2) is 0 Å². The van der Waals surface area contributed by atoms with Crippen molar-refractivity contribution in [2.45, 2.75) is 32.8 Å². The molecule has 4 heteroatoms. The highest BCUT2D eigenvalue weighted by atomic mass is 16.5. The lowest BCUT2D eigenvalue weighted by molar-refractivity contribution is 0.135. The fourth-order valence-electron chi connectivity index (χ4n) is 1.71. The summed E-state index contributed by atoms with van der Waals surface area (Å²) in [5.41, 5.74) is 2.27. The Hall–Kier alpha value is -1.94. The highest BCUT2D eigenvalue weighted by molar-refractivity contribution is 5.36. The number of hydrogen-bond acceptors (Lipinski definition) is 4. The summed E-state index contributed by atoms with van der Waals surface area (Å²) in [6.07, 6.45) is 3.67. The molecule has 1 N–H and O–H groups in total. The molecule has 0 atom stereocenters. The molecule has 0 aromatic carbocycles. The van der Waals surface area contributed by atoms with Gasteiger partial charge in [-0.3, -0.25) is 4.98 Å². The Morgan fingerprint density at radius 3 is 2.55 bits per heavy atom. The highest BCUT2D eigenvalue weighted by Crippen LogP contribution is 2.21. The number of anilines is 1. The van der Waals surface area contributed by atoms with E-state index in [2.05, 4.69) is 42.1 Å². The van der Waals surface area contributed by atoms with Crippen LogP contribution in [0.4, 0.5) is 5.82 Å². The summed E-state index contributed by atoms with van der Waals surface area (Å²) in [6.45, 7) is 7.43. The molecule has 0 amide bonds. The van der Waals surface area contributed by atoms with Crippen molar-refractivity contribution in [1.29, 1.82) is 0 Å². The topological polar surface area (TPSA) is 47.0 Å². The molecule has 0 bridgehead atoms. The predicted molar refractivity (Wildman–Crippen MR) is 80.5 cm³/mol. The van der Waals surface area contributed by atoms with E-state index < -0.39 is 0 Å². The lowest BCUT2D eigenvalue weighted by Gasteiger charge is -2.18. The summed E-state index contributed by atoms with van der Waals surface area (Å²) >= 11 is 0. The van der Waals surface area contributed by atoms with Gasteiger partial charge in [0.05, 0.1) is 12.3 Å². The van der Waals surface area contributed by atoms with Crippen molar-refractivity contribution in [2.24, 2.45) is 0 Å². The van der Waals surface area contributed by atoms with Gasteiger partial charge in [0, 0.05) is 12.4 Å². The fraction of sp³-hybridized carbons (Fsp3) is 0.375. The van der Waals surface area contributed by atoms with Crippen LogP contribution in [0.2, 0.25) is 0 Å². The molecule has 20 heavy (non-hydrogen) atoms. The molecular weight excluding hydrogens is 250 g/mol. The van der Waals surface area contributed by atoms with Gasteiger partial charge in [-0.2, -0.15) is 0 Å². The second-order valence-electron chi connectivity index (χ2n) is 5.67. The van der Waals surface area contributed by atoms with Gasteiger partial charge in [0.25, 0.3) is 0 Å². The molecule has 2 aromatic rings. The number of hydrogen-bond donors (Lipinski definition) is 1. The average Bonchev–Trinajstić information content (AvgIpc) is 2.44. The fourth-order valence-corrected chi connectivity index (χ4v) is 1.71. The van der Waals surface area contributed by atoms with Gasteiger partial charge < -0.3 is 10.1 Å². The van der Waals surface area contributed by atoms with E-state index in [0.717, 1.165) is 11.5 Å². The molecule has 2 heterocycles. The molecule has 0 spiro atoms. The Labute approximate surface area is 120 Å². The van der Waals surface area contributed by atoms with Gasteiger partial charge in [-0.15, -0.1) is 0 Å². The Bertz CT molecular complexity index is 518. The van der Waals surface area contributed by atoms with Crippen LogP contribution >= 0.6 is 0 Å².